The Hall–Kier alpha value is -0.610. The fraction of sp³-hybridized carbons (Fsp3) is 0.615. The normalized spacial score (nSPS) is 17.2. The van der Waals surface area contributed by atoms with Crippen LogP contribution in [0.5, 0.6) is 0 Å². The van der Waals surface area contributed by atoms with Crippen molar-refractivity contribution in [2.75, 3.05) is 18.9 Å². The van der Waals surface area contributed by atoms with Crippen LogP contribution in [0.2, 0.25) is 0 Å². The van der Waals surface area contributed by atoms with Gasteiger partial charge in [0.1, 0.15) is 5.82 Å². The summed E-state index contributed by atoms with van der Waals surface area (Å²) in [5, 5.41) is 3.40. The van der Waals surface area contributed by atoms with E-state index in [1.54, 1.807) is 0 Å². The van der Waals surface area contributed by atoms with Gasteiger partial charge in [-0.15, -0.1) is 0 Å². The molecule has 1 N–H and O–H groups in total. The van der Waals surface area contributed by atoms with Gasteiger partial charge in [-0.1, -0.05) is 0 Å². The maximum Gasteiger partial charge on any atom is 0.126 e. The van der Waals surface area contributed by atoms with Gasteiger partial charge < -0.3 is 5.32 Å². The summed E-state index contributed by atoms with van der Waals surface area (Å²) in [5.41, 5.74) is 1.21. The highest BCUT2D eigenvalue weighted by molar-refractivity contribution is 9.10. The van der Waals surface area contributed by atoms with Crippen LogP contribution in [0.15, 0.2) is 16.7 Å². The van der Waals surface area contributed by atoms with Gasteiger partial charge in [0.2, 0.25) is 0 Å². The Bertz CT molecular complexity index is 390. The van der Waals surface area contributed by atoms with E-state index < -0.39 is 0 Å². The smallest absolute Gasteiger partial charge is 0.126 e. The number of nitrogens with zero attached hydrogens (tertiary/aromatic N) is 2. The lowest BCUT2D eigenvalue weighted by Gasteiger charge is -2.24. The molecule has 1 unspecified atom stereocenters. The molecule has 1 heterocycles. The first-order valence-corrected chi connectivity index (χ1v) is 6.95. The fourth-order valence-electron chi connectivity index (χ4n) is 1.87. The molecule has 0 amide bonds. The molecule has 1 aromatic heterocycles. The zero-order valence-electron chi connectivity index (χ0n) is 10.7. The predicted octanol–water partition coefficient (Wildman–Crippen LogP) is 3.05. The maximum absolute atomic E-state index is 4.35. The molecule has 1 aliphatic rings. The average molecular weight is 298 g/mol. The first kappa shape index (κ1) is 12.8. The number of aryl methyl sites for hydroxylation is 1. The fourth-order valence-corrected chi connectivity index (χ4v) is 2.09. The van der Waals surface area contributed by atoms with E-state index >= 15 is 0 Å². The third kappa shape index (κ3) is 3.42. The van der Waals surface area contributed by atoms with Crippen molar-refractivity contribution < 1.29 is 0 Å². The number of halogens is 1. The second-order valence-corrected chi connectivity index (χ2v) is 5.80. The van der Waals surface area contributed by atoms with E-state index in [2.05, 4.69) is 58.1 Å². The van der Waals surface area contributed by atoms with Gasteiger partial charge in [0, 0.05) is 29.3 Å². The third-order valence-corrected chi connectivity index (χ3v) is 4.27. The molecule has 94 valence electrons. The molecule has 3 nitrogen and oxygen atoms in total. The molecule has 4 heteroatoms. The molecule has 1 aromatic rings. The molecule has 1 fully saturated rings. The van der Waals surface area contributed by atoms with E-state index in [4.69, 9.17) is 0 Å². The molecule has 0 spiro atoms. The van der Waals surface area contributed by atoms with Crippen LogP contribution in [0.3, 0.4) is 0 Å². The zero-order valence-corrected chi connectivity index (χ0v) is 12.3. The highest BCUT2D eigenvalue weighted by Crippen LogP contribution is 2.27. The summed E-state index contributed by atoms with van der Waals surface area (Å²) in [5.74, 6) is 0.960. The number of nitrogens with one attached hydrogen (secondary N) is 1. The highest BCUT2D eigenvalue weighted by atomic mass is 79.9. The van der Waals surface area contributed by atoms with Crippen LogP contribution in [-0.2, 0) is 0 Å². The average Bonchev–Trinajstić information content (AvgIpc) is 3.13. The van der Waals surface area contributed by atoms with Gasteiger partial charge in [-0.2, -0.15) is 0 Å². The first-order valence-electron chi connectivity index (χ1n) is 6.16. The summed E-state index contributed by atoms with van der Waals surface area (Å²) in [6, 6.07) is 3.44. The molecule has 0 aliphatic heterocycles. The van der Waals surface area contributed by atoms with Crippen molar-refractivity contribution in [3.63, 3.8) is 0 Å². The second-order valence-electron chi connectivity index (χ2n) is 4.95. The van der Waals surface area contributed by atoms with Gasteiger partial charge in [-0.05, 0) is 61.3 Å². The standard InChI is InChI=1S/C13H20BrN3/c1-9-6-13(16-8-12(9)14)15-7-10(2)17(3)11-4-5-11/h6,8,10-11H,4-5,7H2,1-3H3,(H,15,16). The van der Waals surface area contributed by atoms with Crippen LogP contribution in [0.4, 0.5) is 5.82 Å². The van der Waals surface area contributed by atoms with Gasteiger partial charge in [0.25, 0.3) is 0 Å². The Labute approximate surface area is 112 Å². The minimum absolute atomic E-state index is 0.549. The first-order chi connectivity index (χ1) is 8.08. The maximum atomic E-state index is 4.35. The molecule has 1 aliphatic carbocycles. The third-order valence-electron chi connectivity index (χ3n) is 3.44. The van der Waals surface area contributed by atoms with E-state index in [9.17, 15) is 0 Å². The quantitative estimate of drug-likeness (QED) is 0.905. The summed E-state index contributed by atoms with van der Waals surface area (Å²) in [6.07, 6.45) is 4.57. The number of aromatic nitrogens is 1. The van der Waals surface area contributed by atoms with Crippen molar-refractivity contribution in [3.05, 3.63) is 22.3 Å². The SMILES string of the molecule is Cc1cc(NCC(C)N(C)C2CC2)ncc1Br. The summed E-state index contributed by atoms with van der Waals surface area (Å²) < 4.78 is 1.06. The van der Waals surface area contributed by atoms with Crippen molar-refractivity contribution in [3.8, 4) is 0 Å². The number of anilines is 1. The Balaban J connectivity index is 1.86. The Kier molecular flexibility index (Phi) is 4.05. The second kappa shape index (κ2) is 5.36. The van der Waals surface area contributed by atoms with E-state index in [0.29, 0.717) is 6.04 Å². The number of rotatable bonds is 5. The van der Waals surface area contributed by atoms with Crippen LogP contribution in [-0.4, -0.2) is 35.6 Å². The molecule has 17 heavy (non-hydrogen) atoms. The minimum Gasteiger partial charge on any atom is -0.369 e. The molecular weight excluding hydrogens is 278 g/mol. The molecule has 0 aromatic carbocycles. The highest BCUT2D eigenvalue weighted by Gasteiger charge is 2.28. The Morgan fingerprint density at radius 3 is 2.88 bits per heavy atom. The van der Waals surface area contributed by atoms with E-state index in [0.717, 1.165) is 22.9 Å². The number of hydrogen-bond donors (Lipinski definition) is 1. The lowest BCUT2D eigenvalue weighted by atomic mass is 10.2. The summed E-state index contributed by atoms with van der Waals surface area (Å²) in [4.78, 5) is 6.81. The minimum atomic E-state index is 0.549. The van der Waals surface area contributed by atoms with Crippen LogP contribution < -0.4 is 5.32 Å². The predicted molar refractivity (Wildman–Crippen MR) is 75.4 cm³/mol. The van der Waals surface area contributed by atoms with Crippen LogP contribution >= 0.6 is 15.9 Å². The topological polar surface area (TPSA) is 28.2 Å². The van der Waals surface area contributed by atoms with Gasteiger partial charge in [-0.3, -0.25) is 4.90 Å². The van der Waals surface area contributed by atoms with Crippen molar-refractivity contribution in [2.45, 2.75) is 38.8 Å². The zero-order chi connectivity index (χ0) is 12.4. The number of pyridine rings is 1. The van der Waals surface area contributed by atoms with E-state index in [-0.39, 0.29) is 0 Å². The summed E-state index contributed by atoms with van der Waals surface area (Å²) >= 11 is 3.46. The Morgan fingerprint density at radius 1 is 1.59 bits per heavy atom. The van der Waals surface area contributed by atoms with E-state index in [1.807, 2.05) is 6.20 Å². The van der Waals surface area contributed by atoms with Crippen LogP contribution in [0.25, 0.3) is 0 Å². The van der Waals surface area contributed by atoms with Crippen molar-refractivity contribution >= 4 is 21.7 Å². The largest absolute Gasteiger partial charge is 0.369 e. The van der Waals surface area contributed by atoms with Crippen molar-refractivity contribution in [1.82, 2.24) is 9.88 Å². The van der Waals surface area contributed by atoms with Crippen LogP contribution in [0, 0.1) is 6.92 Å². The molecule has 2 rings (SSSR count). The van der Waals surface area contributed by atoms with Gasteiger partial charge >= 0.3 is 0 Å². The summed E-state index contributed by atoms with van der Waals surface area (Å²) in [7, 11) is 2.21. The summed E-state index contributed by atoms with van der Waals surface area (Å²) in [6.45, 7) is 5.29. The van der Waals surface area contributed by atoms with Crippen LogP contribution in [0.1, 0.15) is 25.3 Å². The monoisotopic (exact) mass is 297 g/mol. The number of likely N-dealkylation sites (N-methyl/N-ethyl adjacent to an activating group) is 1. The van der Waals surface area contributed by atoms with Gasteiger partial charge in [-0.25, -0.2) is 4.98 Å². The number of hydrogen-bond acceptors (Lipinski definition) is 3. The molecule has 1 saturated carbocycles. The lowest BCUT2D eigenvalue weighted by molar-refractivity contribution is 0.257. The lowest BCUT2D eigenvalue weighted by Crippen LogP contribution is -2.36. The van der Waals surface area contributed by atoms with Crippen molar-refractivity contribution in [1.29, 1.82) is 0 Å². The van der Waals surface area contributed by atoms with Gasteiger partial charge in [0.15, 0.2) is 0 Å². The van der Waals surface area contributed by atoms with Crippen molar-refractivity contribution in [2.24, 2.45) is 0 Å². The molecule has 0 radical (unpaired) electrons. The van der Waals surface area contributed by atoms with Gasteiger partial charge in [0.05, 0.1) is 0 Å². The molecule has 0 bridgehead atoms. The molecule has 1 atom stereocenters. The van der Waals surface area contributed by atoms with E-state index in [1.165, 1.54) is 18.4 Å². The molecular formula is C13H20BrN3. The molecule has 0 saturated heterocycles. The Morgan fingerprint density at radius 2 is 2.29 bits per heavy atom.